The van der Waals surface area contributed by atoms with Crippen LogP contribution < -0.4 is 5.32 Å². The number of aliphatic hydroxyl groups is 1. The van der Waals surface area contributed by atoms with E-state index in [1.807, 2.05) is 0 Å². The number of sulfone groups is 1. The van der Waals surface area contributed by atoms with E-state index in [-0.39, 0.29) is 33.7 Å². The van der Waals surface area contributed by atoms with Gasteiger partial charge in [0.25, 0.3) is 5.91 Å². The Balaban J connectivity index is 1.85. The molecule has 1 aliphatic carbocycles. The van der Waals surface area contributed by atoms with Crippen molar-refractivity contribution in [2.24, 2.45) is 5.92 Å². The molecule has 1 aliphatic rings. The predicted octanol–water partition coefficient (Wildman–Crippen LogP) is 4.33. The second-order valence-electron chi connectivity index (χ2n) is 7.22. The van der Waals surface area contributed by atoms with Crippen molar-refractivity contribution in [1.82, 2.24) is 0 Å². The smallest absolute Gasteiger partial charge is 0.255 e. The van der Waals surface area contributed by atoms with Gasteiger partial charge in [0, 0.05) is 30.0 Å². The number of carbonyl (C=O) groups excluding carboxylic acids is 1. The minimum Gasteiger partial charge on any atom is -0.396 e. The first kappa shape index (κ1) is 22.6. The SMILES string of the molecule is O=C(Nc1cc(F)c(F)c(F)c1)c1ccc(Cl)c(S(=O)(=O)C2CCC(CO)CC2)c1. The Kier molecular flexibility index (Phi) is 6.74. The molecule has 0 spiro atoms. The summed E-state index contributed by atoms with van der Waals surface area (Å²) in [5.74, 6) is -5.37. The highest BCUT2D eigenvalue weighted by Crippen LogP contribution is 2.34. The van der Waals surface area contributed by atoms with E-state index in [1.165, 1.54) is 12.1 Å². The fourth-order valence-electron chi connectivity index (χ4n) is 3.50. The molecule has 0 bridgehead atoms. The van der Waals surface area contributed by atoms with E-state index in [2.05, 4.69) is 5.32 Å². The third-order valence-corrected chi connectivity index (χ3v) is 7.97. The molecule has 30 heavy (non-hydrogen) atoms. The van der Waals surface area contributed by atoms with Crippen molar-refractivity contribution in [3.63, 3.8) is 0 Å². The first-order chi connectivity index (χ1) is 14.1. The zero-order valence-corrected chi connectivity index (χ0v) is 17.2. The Labute approximate surface area is 176 Å². The monoisotopic (exact) mass is 461 g/mol. The first-order valence-corrected chi connectivity index (χ1v) is 11.2. The van der Waals surface area contributed by atoms with Gasteiger partial charge in [-0.2, -0.15) is 0 Å². The fraction of sp³-hybridized carbons (Fsp3) is 0.350. The van der Waals surface area contributed by atoms with Crippen molar-refractivity contribution in [2.45, 2.75) is 35.8 Å². The summed E-state index contributed by atoms with van der Waals surface area (Å²) < 4.78 is 65.8. The summed E-state index contributed by atoms with van der Waals surface area (Å²) in [7, 11) is -3.84. The lowest BCUT2D eigenvalue weighted by Crippen LogP contribution is -2.28. The number of hydrogen-bond donors (Lipinski definition) is 2. The third-order valence-electron chi connectivity index (χ3n) is 5.23. The minimum absolute atomic E-state index is 0.00769. The third kappa shape index (κ3) is 4.63. The van der Waals surface area contributed by atoms with Gasteiger partial charge in [0.1, 0.15) is 0 Å². The molecule has 0 heterocycles. The Hall–Kier alpha value is -2.10. The molecule has 0 saturated heterocycles. The van der Waals surface area contributed by atoms with E-state index in [0.717, 1.165) is 6.07 Å². The van der Waals surface area contributed by atoms with E-state index >= 15 is 0 Å². The molecule has 3 rings (SSSR count). The average Bonchev–Trinajstić information content (AvgIpc) is 2.72. The molecule has 1 saturated carbocycles. The average molecular weight is 462 g/mol. The summed E-state index contributed by atoms with van der Waals surface area (Å²) in [6.45, 7) is 0.00769. The van der Waals surface area contributed by atoms with Crippen LogP contribution in [0.1, 0.15) is 36.0 Å². The van der Waals surface area contributed by atoms with Crippen LogP contribution in [0.4, 0.5) is 18.9 Å². The van der Waals surface area contributed by atoms with Gasteiger partial charge in [-0.1, -0.05) is 11.6 Å². The van der Waals surface area contributed by atoms with Gasteiger partial charge in [0.05, 0.1) is 15.2 Å². The Morgan fingerprint density at radius 1 is 1.07 bits per heavy atom. The molecule has 2 N–H and O–H groups in total. The second-order valence-corrected chi connectivity index (χ2v) is 9.83. The quantitative estimate of drug-likeness (QED) is 0.649. The maximum absolute atomic E-state index is 13.3. The highest BCUT2D eigenvalue weighted by Gasteiger charge is 2.33. The molecule has 0 unspecified atom stereocenters. The number of rotatable bonds is 5. The zero-order chi connectivity index (χ0) is 22.1. The van der Waals surface area contributed by atoms with Crippen LogP contribution in [-0.4, -0.2) is 31.3 Å². The molecule has 10 heteroatoms. The van der Waals surface area contributed by atoms with Crippen molar-refractivity contribution in [2.75, 3.05) is 11.9 Å². The van der Waals surface area contributed by atoms with Crippen LogP contribution in [0.25, 0.3) is 0 Å². The maximum Gasteiger partial charge on any atom is 0.255 e. The van der Waals surface area contributed by atoms with Crippen molar-refractivity contribution >= 4 is 33.0 Å². The molecule has 1 fully saturated rings. The second kappa shape index (κ2) is 8.95. The van der Waals surface area contributed by atoms with Crippen LogP contribution in [0.2, 0.25) is 5.02 Å². The molecule has 5 nitrogen and oxygen atoms in total. The minimum atomic E-state index is -3.84. The largest absolute Gasteiger partial charge is 0.396 e. The molecule has 162 valence electrons. The van der Waals surface area contributed by atoms with Crippen molar-refractivity contribution < 1.29 is 31.5 Å². The van der Waals surface area contributed by atoms with E-state index < -0.39 is 38.4 Å². The molecule has 2 aromatic carbocycles. The Morgan fingerprint density at radius 2 is 1.67 bits per heavy atom. The number of halogens is 4. The number of anilines is 1. The number of aliphatic hydroxyl groups excluding tert-OH is 1. The van der Waals surface area contributed by atoms with E-state index in [9.17, 15) is 31.5 Å². The number of nitrogens with one attached hydrogen (secondary N) is 1. The maximum atomic E-state index is 13.3. The fourth-order valence-corrected chi connectivity index (χ4v) is 5.82. The van der Waals surface area contributed by atoms with Crippen LogP contribution in [0, 0.1) is 23.4 Å². The van der Waals surface area contributed by atoms with E-state index in [0.29, 0.717) is 37.8 Å². The van der Waals surface area contributed by atoms with E-state index in [4.69, 9.17) is 11.6 Å². The lowest BCUT2D eigenvalue weighted by molar-refractivity contribution is 0.102. The normalized spacial score (nSPS) is 19.5. The van der Waals surface area contributed by atoms with Gasteiger partial charge in [-0.05, 0) is 49.8 Å². The van der Waals surface area contributed by atoms with E-state index in [1.54, 1.807) is 0 Å². The van der Waals surface area contributed by atoms with Crippen LogP contribution in [0.3, 0.4) is 0 Å². The summed E-state index contributed by atoms with van der Waals surface area (Å²) in [6.07, 6.45) is 1.88. The van der Waals surface area contributed by atoms with Crippen LogP contribution in [0.15, 0.2) is 35.2 Å². The highest BCUT2D eigenvalue weighted by atomic mass is 35.5. The molecule has 0 aromatic heterocycles. The van der Waals surface area contributed by atoms with Gasteiger partial charge in [0.2, 0.25) is 0 Å². The van der Waals surface area contributed by atoms with Crippen LogP contribution >= 0.6 is 11.6 Å². The van der Waals surface area contributed by atoms with Gasteiger partial charge in [-0.15, -0.1) is 0 Å². The molecule has 2 aromatic rings. The van der Waals surface area contributed by atoms with Crippen LogP contribution in [-0.2, 0) is 9.84 Å². The summed E-state index contributed by atoms with van der Waals surface area (Å²) in [6, 6.07) is 4.87. The topological polar surface area (TPSA) is 83.5 Å². The molecular weight excluding hydrogens is 443 g/mol. The molecular formula is C20H19ClF3NO4S. The Bertz CT molecular complexity index is 1050. The summed E-state index contributed by atoms with van der Waals surface area (Å²) in [4.78, 5) is 12.2. The van der Waals surface area contributed by atoms with Crippen LogP contribution in [0.5, 0.6) is 0 Å². The molecule has 0 radical (unpaired) electrons. The lowest BCUT2D eigenvalue weighted by atomic mass is 9.90. The highest BCUT2D eigenvalue weighted by molar-refractivity contribution is 7.92. The van der Waals surface area contributed by atoms with Gasteiger partial charge in [-0.3, -0.25) is 4.79 Å². The van der Waals surface area contributed by atoms with Gasteiger partial charge < -0.3 is 10.4 Å². The zero-order valence-electron chi connectivity index (χ0n) is 15.7. The number of hydrogen-bond acceptors (Lipinski definition) is 4. The number of amides is 1. The van der Waals surface area contributed by atoms with Gasteiger partial charge >= 0.3 is 0 Å². The summed E-state index contributed by atoms with van der Waals surface area (Å²) in [5.41, 5.74) is -0.412. The van der Waals surface area contributed by atoms with Crippen molar-refractivity contribution in [1.29, 1.82) is 0 Å². The number of benzene rings is 2. The summed E-state index contributed by atoms with van der Waals surface area (Å²) >= 11 is 6.09. The van der Waals surface area contributed by atoms with Crippen molar-refractivity contribution in [3.05, 3.63) is 58.4 Å². The summed E-state index contributed by atoms with van der Waals surface area (Å²) in [5, 5.41) is 10.7. The standard InChI is InChI=1S/C20H19ClF3NO4S/c21-15-6-3-12(20(27)25-13-8-16(22)19(24)17(23)9-13)7-18(15)30(28,29)14-4-1-11(10-26)2-5-14/h3,6-9,11,14,26H,1-2,4-5,10H2,(H,25,27). The molecule has 0 atom stereocenters. The van der Waals surface area contributed by atoms with Gasteiger partial charge in [-0.25, -0.2) is 21.6 Å². The van der Waals surface area contributed by atoms with Crippen molar-refractivity contribution in [3.8, 4) is 0 Å². The van der Waals surface area contributed by atoms with Gasteiger partial charge in [0.15, 0.2) is 27.3 Å². The molecule has 1 amide bonds. The lowest BCUT2D eigenvalue weighted by Gasteiger charge is -2.27. The Morgan fingerprint density at radius 3 is 2.23 bits per heavy atom. The molecule has 0 aliphatic heterocycles. The number of carbonyl (C=O) groups is 1. The first-order valence-electron chi connectivity index (χ1n) is 9.23. The predicted molar refractivity (Wildman–Crippen MR) is 106 cm³/mol.